The third kappa shape index (κ3) is 3.13. The number of rotatable bonds is 5. The number of nitrogens with zero attached hydrogens (tertiary/aromatic N) is 1. The predicted octanol–water partition coefficient (Wildman–Crippen LogP) is 2.68. The van der Waals surface area contributed by atoms with Crippen LogP contribution in [0.2, 0.25) is 0 Å². The molecule has 1 N–H and O–H groups in total. The number of carbonyl (C=O) groups is 1. The van der Waals surface area contributed by atoms with Crippen LogP contribution in [-0.2, 0) is 11.2 Å². The average Bonchev–Trinajstić information content (AvgIpc) is 2.79. The van der Waals surface area contributed by atoms with Crippen LogP contribution >= 0.6 is 0 Å². The fourth-order valence-corrected chi connectivity index (χ4v) is 1.81. The molecule has 0 aliphatic rings. The standard InChI is InChI=1S/C14H15NO4/c1-3-18-12-5-4-10(6-9(12)2)13-7-11(15-19-13)8-14(16)17/h4-7H,3,8H2,1-2H3,(H,16,17). The van der Waals surface area contributed by atoms with Gasteiger partial charge in [0.1, 0.15) is 5.75 Å². The molecule has 1 aromatic heterocycles. The van der Waals surface area contributed by atoms with E-state index in [-0.39, 0.29) is 6.42 Å². The van der Waals surface area contributed by atoms with Crippen molar-refractivity contribution in [3.8, 4) is 17.1 Å². The summed E-state index contributed by atoms with van der Waals surface area (Å²) in [6, 6.07) is 7.30. The van der Waals surface area contributed by atoms with Crippen LogP contribution in [0.5, 0.6) is 5.75 Å². The van der Waals surface area contributed by atoms with E-state index in [0.29, 0.717) is 18.1 Å². The first-order valence-electron chi connectivity index (χ1n) is 6.01. The molecule has 0 bridgehead atoms. The Hall–Kier alpha value is -2.30. The van der Waals surface area contributed by atoms with Gasteiger partial charge >= 0.3 is 5.97 Å². The lowest BCUT2D eigenvalue weighted by Crippen LogP contribution is -1.99. The second kappa shape index (κ2) is 5.56. The Morgan fingerprint density at radius 2 is 2.21 bits per heavy atom. The van der Waals surface area contributed by atoms with Crippen LogP contribution in [0.1, 0.15) is 18.2 Å². The first-order valence-corrected chi connectivity index (χ1v) is 6.01. The number of benzene rings is 1. The quantitative estimate of drug-likeness (QED) is 0.895. The molecule has 19 heavy (non-hydrogen) atoms. The molecule has 2 rings (SSSR count). The van der Waals surface area contributed by atoms with Gasteiger partial charge in [-0.25, -0.2) is 0 Å². The fraction of sp³-hybridized carbons (Fsp3) is 0.286. The second-order valence-electron chi connectivity index (χ2n) is 4.17. The van der Waals surface area contributed by atoms with Crippen LogP contribution in [0.3, 0.4) is 0 Å². The Labute approximate surface area is 110 Å². The predicted molar refractivity (Wildman–Crippen MR) is 69.2 cm³/mol. The zero-order valence-electron chi connectivity index (χ0n) is 10.8. The van der Waals surface area contributed by atoms with Gasteiger partial charge in [0.05, 0.1) is 18.7 Å². The van der Waals surface area contributed by atoms with Crippen molar-refractivity contribution in [2.24, 2.45) is 0 Å². The maximum atomic E-state index is 10.6. The first-order chi connectivity index (χ1) is 9.10. The summed E-state index contributed by atoms with van der Waals surface area (Å²) >= 11 is 0. The van der Waals surface area contributed by atoms with E-state index in [1.54, 1.807) is 6.07 Å². The lowest BCUT2D eigenvalue weighted by Gasteiger charge is -2.07. The van der Waals surface area contributed by atoms with Gasteiger partial charge in [-0.15, -0.1) is 0 Å². The minimum absolute atomic E-state index is 0.139. The van der Waals surface area contributed by atoms with Crippen LogP contribution in [0, 0.1) is 6.92 Å². The molecular weight excluding hydrogens is 246 g/mol. The summed E-state index contributed by atoms with van der Waals surface area (Å²) in [5.41, 5.74) is 2.26. The fourth-order valence-electron chi connectivity index (χ4n) is 1.81. The molecule has 100 valence electrons. The second-order valence-corrected chi connectivity index (χ2v) is 4.17. The van der Waals surface area contributed by atoms with E-state index in [0.717, 1.165) is 16.9 Å². The summed E-state index contributed by atoms with van der Waals surface area (Å²) in [5.74, 6) is 0.460. The van der Waals surface area contributed by atoms with E-state index in [1.165, 1.54) is 0 Å². The normalized spacial score (nSPS) is 10.4. The highest BCUT2D eigenvalue weighted by atomic mass is 16.5. The highest BCUT2D eigenvalue weighted by Crippen LogP contribution is 2.26. The Morgan fingerprint density at radius 1 is 1.42 bits per heavy atom. The van der Waals surface area contributed by atoms with Crippen LogP contribution in [0.25, 0.3) is 11.3 Å². The minimum atomic E-state index is -0.928. The number of hydrogen-bond acceptors (Lipinski definition) is 4. The molecule has 0 spiro atoms. The zero-order valence-corrected chi connectivity index (χ0v) is 10.8. The Bertz CT molecular complexity index is 589. The first kappa shape index (κ1) is 13.1. The molecule has 0 atom stereocenters. The number of hydrogen-bond donors (Lipinski definition) is 1. The highest BCUT2D eigenvalue weighted by molar-refractivity contribution is 5.70. The van der Waals surface area contributed by atoms with Crippen molar-refractivity contribution in [2.45, 2.75) is 20.3 Å². The van der Waals surface area contributed by atoms with Gasteiger partial charge in [0, 0.05) is 11.6 Å². The smallest absolute Gasteiger partial charge is 0.309 e. The van der Waals surface area contributed by atoms with E-state index in [1.807, 2.05) is 32.0 Å². The number of aromatic nitrogens is 1. The van der Waals surface area contributed by atoms with E-state index in [2.05, 4.69) is 5.16 Å². The van der Waals surface area contributed by atoms with Gasteiger partial charge in [0.25, 0.3) is 0 Å². The van der Waals surface area contributed by atoms with Crippen molar-refractivity contribution in [3.63, 3.8) is 0 Å². The van der Waals surface area contributed by atoms with E-state index in [9.17, 15) is 4.79 Å². The summed E-state index contributed by atoms with van der Waals surface area (Å²) < 4.78 is 10.6. The van der Waals surface area contributed by atoms with Crippen molar-refractivity contribution in [2.75, 3.05) is 6.61 Å². The molecule has 1 heterocycles. The number of aliphatic carboxylic acids is 1. The van der Waals surface area contributed by atoms with Gasteiger partial charge in [-0.3, -0.25) is 4.79 Å². The topological polar surface area (TPSA) is 72.6 Å². The maximum Gasteiger partial charge on any atom is 0.309 e. The molecule has 5 nitrogen and oxygen atoms in total. The molecule has 0 fully saturated rings. The van der Waals surface area contributed by atoms with Gasteiger partial charge < -0.3 is 14.4 Å². The Kier molecular flexibility index (Phi) is 3.85. The number of aryl methyl sites for hydroxylation is 1. The number of carboxylic acids is 1. The van der Waals surface area contributed by atoms with Gasteiger partial charge in [0.2, 0.25) is 0 Å². The van der Waals surface area contributed by atoms with Gasteiger partial charge in [-0.1, -0.05) is 5.16 Å². The van der Waals surface area contributed by atoms with Crippen LogP contribution in [0.15, 0.2) is 28.8 Å². The van der Waals surface area contributed by atoms with Gasteiger partial charge in [-0.05, 0) is 37.6 Å². The van der Waals surface area contributed by atoms with Gasteiger partial charge in [0.15, 0.2) is 5.76 Å². The van der Waals surface area contributed by atoms with Crippen LogP contribution < -0.4 is 4.74 Å². The van der Waals surface area contributed by atoms with E-state index >= 15 is 0 Å². The minimum Gasteiger partial charge on any atom is -0.494 e. The summed E-state index contributed by atoms with van der Waals surface area (Å²) in [5, 5.41) is 12.4. The third-order valence-corrected chi connectivity index (χ3v) is 2.65. The molecule has 0 radical (unpaired) electrons. The lowest BCUT2D eigenvalue weighted by molar-refractivity contribution is -0.136. The zero-order chi connectivity index (χ0) is 13.8. The molecule has 0 amide bonds. The van der Waals surface area contributed by atoms with Crippen molar-refractivity contribution >= 4 is 5.97 Å². The lowest BCUT2D eigenvalue weighted by atomic mass is 10.1. The molecular formula is C14H15NO4. The largest absolute Gasteiger partial charge is 0.494 e. The van der Waals surface area contributed by atoms with E-state index in [4.69, 9.17) is 14.4 Å². The van der Waals surface area contributed by atoms with Crippen molar-refractivity contribution in [1.29, 1.82) is 0 Å². The highest BCUT2D eigenvalue weighted by Gasteiger charge is 2.11. The molecule has 0 saturated heterocycles. The number of ether oxygens (including phenoxy) is 1. The summed E-state index contributed by atoms with van der Waals surface area (Å²) in [4.78, 5) is 10.6. The summed E-state index contributed by atoms with van der Waals surface area (Å²) in [6.07, 6.45) is -0.139. The van der Waals surface area contributed by atoms with Crippen LogP contribution in [-0.4, -0.2) is 22.8 Å². The summed E-state index contributed by atoms with van der Waals surface area (Å²) in [6.45, 7) is 4.50. The molecule has 1 aromatic carbocycles. The van der Waals surface area contributed by atoms with Gasteiger partial charge in [-0.2, -0.15) is 0 Å². The third-order valence-electron chi connectivity index (χ3n) is 2.65. The monoisotopic (exact) mass is 261 g/mol. The molecule has 5 heteroatoms. The van der Waals surface area contributed by atoms with Crippen molar-refractivity contribution < 1.29 is 19.2 Å². The van der Waals surface area contributed by atoms with Crippen LogP contribution in [0.4, 0.5) is 0 Å². The van der Waals surface area contributed by atoms with Crippen molar-refractivity contribution in [1.82, 2.24) is 5.16 Å². The molecule has 0 aliphatic carbocycles. The SMILES string of the molecule is CCOc1ccc(-c2cc(CC(=O)O)no2)cc1C. The van der Waals surface area contributed by atoms with Crippen molar-refractivity contribution in [3.05, 3.63) is 35.5 Å². The molecule has 0 unspecified atom stereocenters. The molecule has 0 aliphatic heterocycles. The summed E-state index contributed by atoms with van der Waals surface area (Å²) in [7, 11) is 0. The average molecular weight is 261 g/mol. The maximum absolute atomic E-state index is 10.6. The molecule has 2 aromatic rings. The molecule has 0 saturated carbocycles. The Balaban J connectivity index is 2.24. The Morgan fingerprint density at radius 3 is 2.84 bits per heavy atom. The number of carboxylic acid groups (broad SMARTS) is 1. The van der Waals surface area contributed by atoms with E-state index < -0.39 is 5.97 Å².